The van der Waals surface area contributed by atoms with Crippen molar-refractivity contribution >= 4 is 77.5 Å². The normalized spacial score (nSPS) is 13.1. The molecule has 0 radical (unpaired) electrons. The summed E-state index contributed by atoms with van der Waals surface area (Å²) in [5, 5.41) is 27.1. The summed E-state index contributed by atoms with van der Waals surface area (Å²) in [6.45, 7) is 13.6. The minimum atomic E-state index is -0.860. The number of anilines is 6. The molecule has 0 atom stereocenters. The molecule has 0 fully saturated rings. The van der Waals surface area contributed by atoms with E-state index < -0.39 is 5.41 Å². The van der Waals surface area contributed by atoms with Gasteiger partial charge in [-0.05, 0) is 163 Å². The zero-order valence-electron chi connectivity index (χ0n) is 44.6. The number of hydrogen-bond donors (Lipinski definition) is 0. The number of hydrogen-bond acceptors (Lipinski definition) is 4. The average Bonchev–Trinajstić information content (AvgIpc) is 3.89. The summed E-state index contributed by atoms with van der Waals surface area (Å²) in [5.41, 5.74) is 19.6. The van der Waals surface area contributed by atoms with Crippen LogP contribution in [-0.2, 0) is 16.2 Å². The van der Waals surface area contributed by atoms with Crippen LogP contribution in [0.3, 0.4) is 0 Å². The van der Waals surface area contributed by atoms with Crippen LogP contribution in [0, 0.1) is 22.7 Å². The summed E-state index contributed by atoms with van der Waals surface area (Å²) >= 11 is 0. The minimum Gasteiger partial charge on any atom is -0.310 e. The number of para-hydroxylation sites is 3. The molecule has 78 heavy (non-hydrogen) atoms. The Labute approximate surface area is 455 Å². The van der Waals surface area contributed by atoms with Crippen molar-refractivity contribution in [1.82, 2.24) is 4.57 Å². The zero-order chi connectivity index (χ0) is 53.2. The number of benzene rings is 11. The molecule has 12 aromatic rings. The average molecular weight is 1000 g/mol. The quantitative estimate of drug-likeness (QED) is 0.167. The Bertz CT molecular complexity index is 4310. The van der Waals surface area contributed by atoms with Gasteiger partial charge < -0.3 is 14.4 Å². The maximum absolute atomic E-state index is 10.1. The molecule has 2 aliphatic rings. The van der Waals surface area contributed by atoms with Gasteiger partial charge in [0.15, 0.2) is 0 Å². The third kappa shape index (κ3) is 6.78. The van der Waals surface area contributed by atoms with Gasteiger partial charge in [0.05, 0.1) is 56.8 Å². The first-order valence-electron chi connectivity index (χ1n) is 27.0. The maximum atomic E-state index is 10.1. The monoisotopic (exact) mass is 1000 g/mol. The standard InChI is InChI=1S/C73H55N5/c1-71(2,3)48-30-38-52(39-31-48)76(50-34-26-46(44-74)27-35-50)66-42-62-68(57-19-9-7-16-54(57)66)69-58-20-10-8-17-55(58)67(77(51-36-28-47(45-75)29-37-51)53-40-32-49(33-41-53)72(4,5)6)43-63(69)73(62)60-22-12-14-25-65(60)78-64-24-13-11-18-56(64)59-21-15-23-61(73)70(59)78/h7-43H,1-6H3. The second-order valence-electron chi connectivity index (χ2n) is 23.1. The summed E-state index contributed by atoms with van der Waals surface area (Å²) < 4.78 is 2.52. The highest BCUT2D eigenvalue weighted by molar-refractivity contribution is 6.20. The Balaban J connectivity index is 1.17. The van der Waals surface area contributed by atoms with Crippen molar-refractivity contribution in [1.29, 1.82) is 10.5 Å². The van der Waals surface area contributed by atoms with Crippen LogP contribution in [0.5, 0.6) is 0 Å². The Morgan fingerprint density at radius 1 is 0.372 bits per heavy atom. The van der Waals surface area contributed by atoms with E-state index in [1.54, 1.807) is 0 Å². The molecule has 0 amide bonds. The third-order valence-corrected chi connectivity index (χ3v) is 16.7. The van der Waals surface area contributed by atoms with Crippen LogP contribution in [0.15, 0.2) is 224 Å². The van der Waals surface area contributed by atoms with Crippen LogP contribution >= 0.6 is 0 Å². The van der Waals surface area contributed by atoms with Gasteiger partial charge in [-0.25, -0.2) is 0 Å². The van der Waals surface area contributed by atoms with E-state index in [0.29, 0.717) is 11.1 Å². The molecule has 0 N–H and O–H groups in total. The fourth-order valence-electron chi connectivity index (χ4n) is 13.1. The van der Waals surface area contributed by atoms with Gasteiger partial charge in [-0.15, -0.1) is 0 Å². The zero-order valence-corrected chi connectivity index (χ0v) is 44.6. The van der Waals surface area contributed by atoms with Crippen LogP contribution < -0.4 is 9.80 Å². The second kappa shape index (κ2) is 17.2. The first-order valence-corrected chi connectivity index (χ1v) is 27.0. The van der Waals surface area contributed by atoms with Gasteiger partial charge >= 0.3 is 0 Å². The van der Waals surface area contributed by atoms with Gasteiger partial charge in [0.2, 0.25) is 0 Å². The number of fused-ring (bicyclic) bond motifs is 16. The lowest BCUT2D eigenvalue weighted by atomic mass is 9.65. The van der Waals surface area contributed by atoms with Gasteiger partial charge in [0.1, 0.15) is 0 Å². The van der Waals surface area contributed by atoms with Crippen LogP contribution in [0.2, 0.25) is 0 Å². The summed E-state index contributed by atoms with van der Waals surface area (Å²) in [6, 6.07) is 86.8. The largest absolute Gasteiger partial charge is 0.310 e. The molecule has 1 aliphatic heterocycles. The molecule has 0 saturated heterocycles. The number of nitriles is 2. The predicted molar refractivity (Wildman–Crippen MR) is 323 cm³/mol. The van der Waals surface area contributed by atoms with Gasteiger partial charge in [0, 0.05) is 44.3 Å². The Morgan fingerprint density at radius 2 is 0.756 bits per heavy atom. The molecule has 2 heterocycles. The SMILES string of the molecule is CC(C)(C)c1ccc(N(c2ccc(C#N)cc2)c2cc3c(c4ccccc24)-c2c(cc(N(c4ccc(C#N)cc4)c4ccc(C(C)(C)C)cc4)c4ccccc24)C32c3ccccc3-n3c4ccccc4c4cccc2c43)cc1. The first-order chi connectivity index (χ1) is 37.9. The van der Waals surface area contributed by atoms with Gasteiger partial charge in [-0.2, -0.15) is 10.5 Å². The third-order valence-electron chi connectivity index (χ3n) is 16.7. The van der Waals surface area contributed by atoms with E-state index in [4.69, 9.17) is 0 Å². The molecule has 1 spiro atoms. The van der Waals surface area contributed by atoms with Crippen LogP contribution in [0.1, 0.15) is 86.1 Å². The van der Waals surface area contributed by atoms with Crippen LogP contribution in [0.4, 0.5) is 34.1 Å². The molecule has 11 aromatic carbocycles. The number of nitrogens with zero attached hydrogens (tertiary/aromatic N) is 5. The van der Waals surface area contributed by atoms with Gasteiger partial charge in [0.25, 0.3) is 0 Å². The highest BCUT2D eigenvalue weighted by Crippen LogP contribution is 2.66. The molecule has 5 nitrogen and oxygen atoms in total. The van der Waals surface area contributed by atoms with E-state index in [0.717, 1.165) is 61.4 Å². The Hall–Kier alpha value is -9.68. The van der Waals surface area contributed by atoms with Crippen molar-refractivity contribution in [3.05, 3.63) is 269 Å². The molecule has 5 heteroatoms. The number of aromatic nitrogens is 1. The van der Waals surface area contributed by atoms with E-state index in [2.05, 4.69) is 268 Å². The molecule has 372 valence electrons. The minimum absolute atomic E-state index is 0.0404. The Morgan fingerprint density at radius 3 is 1.22 bits per heavy atom. The van der Waals surface area contributed by atoms with Crippen molar-refractivity contribution < 1.29 is 0 Å². The number of rotatable bonds is 6. The van der Waals surface area contributed by atoms with E-state index in [-0.39, 0.29) is 10.8 Å². The van der Waals surface area contributed by atoms with E-state index in [1.165, 1.54) is 66.3 Å². The molecule has 0 saturated carbocycles. The summed E-state index contributed by atoms with van der Waals surface area (Å²) in [4.78, 5) is 4.80. The van der Waals surface area contributed by atoms with E-state index in [9.17, 15) is 10.5 Å². The summed E-state index contributed by atoms with van der Waals surface area (Å²) in [6.07, 6.45) is 0. The van der Waals surface area contributed by atoms with Gasteiger partial charge in [-0.3, -0.25) is 0 Å². The lowest BCUT2D eigenvalue weighted by Crippen LogP contribution is -2.34. The topological polar surface area (TPSA) is 59.0 Å². The maximum Gasteiger partial charge on any atom is 0.0991 e. The first kappa shape index (κ1) is 46.8. The molecule has 0 bridgehead atoms. The molecule has 1 aliphatic carbocycles. The fourth-order valence-corrected chi connectivity index (χ4v) is 13.1. The van der Waals surface area contributed by atoms with Crippen LogP contribution in [-0.4, -0.2) is 4.57 Å². The molecule has 14 rings (SSSR count). The predicted octanol–water partition coefficient (Wildman–Crippen LogP) is 19.0. The second-order valence-corrected chi connectivity index (χ2v) is 23.1. The van der Waals surface area contributed by atoms with Crippen molar-refractivity contribution in [2.24, 2.45) is 0 Å². The highest BCUT2D eigenvalue weighted by Gasteiger charge is 2.53. The molecular weight excluding hydrogens is 947 g/mol. The lowest BCUT2D eigenvalue weighted by molar-refractivity contribution is 0.590. The lowest BCUT2D eigenvalue weighted by Gasteiger charge is -2.40. The fraction of sp³-hybridized carbons (Fsp3) is 0.123. The Kier molecular flexibility index (Phi) is 10.3. The molecular formula is C73H55N5. The van der Waals surface area contributed by atoms with E-state index >= 15 is 0 Å². The molecule has 0 unspecified atom stereocenters. The molecule has 1 aromatic heterocycles. The van der Waals surface area contributed by atoms with E-state index in [1.807, 2.05) is 24.3 Å². The van der Waals surface area contributed by atoms with Crippen molar-refractivity contribution in [3.8, 4) is 29.0 Å². The van der Waals surface area contributed by atoms with Crippen molar-refractivity contribution in [2.45, 2.75) is 57.8 Å². The summed E-state index contributed by atoms with van der Waals surface area (Å²) in [7, 11) is 0. The van der Waals surface area contributed by atoms with Crippen LogP contribution in [0.25, 0.3) is 60.2 Å². The highest BCUT2D eigenvalue weighted by atomic mass is 15.2. The van der Waals surface area contributed by atoms with Gasteiger partial charge in [-0.1, -0.05) is 169 Å². The van der Waals surface area contributed by atoms with Crippen molar-refractivity contribution in [2.75, 3.05) is 9.80 Å². The summed E-state index contributed by atoms with van der Waals surface area (Å²) in [5.74, 6) is 0. The smallest absolute Gasteiger partial charge is 0.0991 e. The van der Waals surface area contributed by atoms with Crippen molar-refractivity contribution in [3.63, 3.8) is 0 Å².